The topological polar surface area (TPSA) is 50.8 Å². The van der Waals surface area contributed by atoms with Crippen LogP contribution in [0.5, 0.6) is 11.5 Å². The number of hydrogen-bond acceptors (Lipinski definition) is 4. The summed E-state index contributed by atoms with van der Waals surface area (Å²) in [6, 6.07) is 27.7. The number of para-hydroxylation sites is 1. The minimum absolute atomic E-state index is 0.0440. The number of likely N-dealkylation sites (tertiary alicyclic amines) is 1. The summed E-state index contributed by atoms with van der Waals surface area (Å²) in [5, 5.41) is 3.19. The van der Waals surface area contributed by atoms with E-state index in [1.54, 1.807) is 6.07 Å². The SMILES string of the molecule is O=C(NC1CCN(Cc2ccccc2)CC1)c1cccc(OCCOc2ccccc2)c1. The van der Waals surface area contributed by atoms with Gasteiger partial charge < -0.3 is 14.8 Å². The van der Waals surface area contributed by atoms with E-state index in [9.17, 15) is 4.79 Å². The number of nitrogens with zero attached hydrogens (tertiary/aromatic N) is 1. The van der Waals surface area contributed by atoms with Crippen LogP contribution in [0.2, 0.25) is 0 Å². The lowest BCUT2D eigenvalue weighted by molar-refractivity contribution is 0.0908. The highest BCUT2D eigenvalue weighted by atomic mass is 16.5. The predicted molar refractivity (Wildman–Crippen MR) is 126 cm³/mol. The number of piperidine rings is 1. The summed E-state index contributed by atoms with van der Waals surface area (Å²) in [7, 11) is 0. The molecule has 1 fully saturated rings. The maximum absolute atomic E-state index is 12.7. The third-order valence-corrected chi connectivity index (χ3v) is 5.63. The van der Waals surface area contributed by atoms with E-state index in [2.05, 4.69) is 34.5 Å². The summed E-state index contributed by atoms with van der Waals surface area (Å²) < 4.78 is 11.4. The highest BCUT2D eigenvalue weighted by Gasteiger charge is 2.21. The second-order valence-electron chi connectivity index (χ2n) is 8.05. The van der Waals surface area contributed by atoms with Crippen molar-refractivity contribution in [2.24, 2.45) is 0 Å². The number of hydrogen-bond donors (Lipinski definition) is 1. The Labute approximate surface area is 190 Å². The molecule has 0 radical (unpaired) electrons. The van der Waals surface area contributed by atoms with Gasteiger partial charge in [-0.1, -0.05) is 54.6 Å². The van der Waals surface area contributed by atoms with E-state index in [1.165, 1.54) is 5.56 Å². The van der Waals surface area contributed by atoms with Crippen molar-refractivity contribution in [1.82, 2.24) is 10.2 Å². The van der Waals surface area contributed by atoms with Crippen LogP contribution in [0, 0.1) is 0 Å². The fourth-order valence-electron chi connectivity index (χ4n) is 3.91. The van der Waals surface area contributed by atoms with E-state index in [0.717, 1.165) is 38.2 Å². The summed E-state index contributed by atoms with van der Waals surface area (Å²) in [5.74, 6) is 1.45. The molecular formula is C27H30N2O3. The lowest BCUT2D eigenvalue weighted by Gasteiger charge is -2.32. The van der Waals surface area contributed by atoms with Crippen LogP contribution in [0.3, 0.4) is 0 Å². The van der Waals surface area contributed by atoms with Crippen molar-refractivity contribution < 1.29 is 14.3 Å². The Kier molecular flexibility index (Phi) is 7.77. The summed E-state index contributed by atoms with van der Waals surface area (Å²) in [6.07, 6.45) is 1.93. The molecule has 0 saturated carbocycles. The Bertz CT molecular complexity index is 970. The molecule has 0 aromatic heterocycles. The van der Waals surface area contributed by atoms with Crippen LogP contribution in [0.25, 0.3) is 0 Å². The van der Waals surface area contributed by atoms with Gasteiger partial charge in [-0.25, -0.2) is 0 Å². The van der Waals surface area contributed by atoms with Gasteiger partial charge in [0, 0.05) is 31.2 Å². The largest absolute Gasteiger partial charge is 0.490 e. The molecule has 1 heterocycles. The van der Waals surface area contributed by atoms with Gasteiger partial charge >= 0.3 is 0 Å². The third-order valence-electron chi connectivity index (χ3n) is 5.63. The highest BCUT2D eigenvalue weighted by Crippen LogP contribution is 2.17. The third kappa shape index (κ3) is 6.59. The van der Waals surface area contributed by atoms with Gasteiger partial charge in [0.2, 0.25) is 0 Å². The molecule has 1 amide bonds. The number of carbonyl (C=O) groups is 1. The lowest BCUT2D eigenvalue weighted by Crippen LogP contribution is -2.44. The fourth-order valence-corrected chi connectivity index (χ4v) is 3.91. The van der Waals surface area contributed by atoms with Gasteiger partial charge in [0.25, 0.3) is 5.91 Å². The van der Waals surface area contributed by atoms with Crippen molar-refractivity contribution in [1.29, 1.82) is 0 Å². The molecule has 1 saturated heterocycles. The molecule has 166 valence electrons. The molecular weight excluding hydrogens is 400 g/mol. The maximum Gasteiger partial charge on any atom is 0.251 e. The summed E-state index contributed by atoms with van der Waals surface area (Å²) in [6.45, 7) is 3.81. The molecule has 5 nitrogen and oxygen atoms in total. The van der Waals surface area contributed by atoms with Crippen LogP contribution < -0.4 is 14.8 Å². The number of ether oxygens (including phenoxy) is 2. The second kappa shape index (κ2) is 11.3. The van der Waals surface area contributed by atoms with Gasteiger partial charge in [-0.15, -0.1) is 0 Å². The first-order valence-corrected chi connectivity index (χ1v) is 11.2. The Morgan fingerprint density at radius 2 is 1.44 bits per heavy atom. The number of rotatable bonds is 9. The van der Waals surface area contributed by atoms with Crippen molar-refractivity contribution in [3.05, 3.63) is 96.1 Å². The van der Waals surface area contributed by atoms with E-state index in [1.807, 2.05) is 54.6 Å². The zero-order valence-electron chi connectivity index (χ0n) is 18.3. The standard InChI is InChI=1S/C27H30N2O3/c30-27(28-24-14-16-29(17-15-24)21-22-8-3-1-4-9-22)23-10-7-13-26(20-23)32-19-18-31-25-11-5-2-6-12-25/h1-13,20,24H,14-19,21H2,(H,28,30). The average molecular weight is 431 g/mol. The Morgan fingerprint density at radius 3 is 2.16 bits per heavy atom. The van der Waals surface area contributed by atoms with E-state index in [0.29, 0.717) is 24.5 Å². The number of nitrogens with one attached hydrogen (secondary N) is 1. The summed E-state index contributed by atoms with van der Waals surface area (Å²) in [4.78, 5) is 15.2. The first-order chi connectivity index (χ1) is 15.8. The Hall–Kier alpha value is -3.31. The second-order valence-corrected chi connectivity index (χ2v) is 8.05. The van der Waals surface area contributed by atoms with Crippen LogP contribution in [-0.2, 0) is 6.54 Å². The summed E-state index contributed by atoms with van der Waals surface area (Å²) in [5.41, 5.74) is 1.96. The molecule has 32 heavy (non-hydrogen) atoms. The molecule has 0 aliphatic carbocycles. The molecule has 0 bridgehead atoms. The van der Waals surface area contributed by atoms with E-state index in [4.69, 9.17) is 9.47 Å². The minimum Gasteiger partial charge on any atom is -0.490 e. The first-order valence-electron chi connectivity index (χ1n) is 11.2. The van der Waals surface area contributed by atoms with E-state index in [-0.39, 0.29) is 11.9 Å². The molecule has 3 aromatic rings. The van der Waals surface area contributed by atoms with Crippen LogP contribution >= 0.6 is 0 Å². The Balaban J connectivity index is 1.20. The van der Waals surface area contributed by atoms with Crippen LogP contribution in [0.4, 0.5) is 0 Å². The number of carbonyl (C=O) groups excluding carboxylic acids is 1. The van der Waals surface area contributed by atoms with Crippen LogP contribution in [0.15, 0.2) is 84.9 Å². The molecule has 1 N–H and O–H groups in total. The molecule has 0 atom stereocenters. The fraction of sp³-hybridized carbons (Fsp3) is 0.296. The molecule has 1 aliphatic rings. The normalized spacial score (nSPS) is 14.6. The van der Waals surface area contributed by atoms with Crippen molar-refractivity contribution in [2.75, 3.05) is 26.3 Å². The van der Waals surface area contributed by atoms with Crippen molar-refractivity contribution in [2.45, 2.75) is 25.4 Å². The quantitative estimate of drug-likeness (QED) is 0.507. The van der Waals surface area contributed by atoms with E-state index < -0.39 is 0 Å². The molecule has 1 aliphatic heterocycles. The lowest BCUT2D eigenvalue weighted by atomic mass is 10.0. The zero-order chi connectivity index (χ0) is 22.0. The molecule has 5 heteroatoms. The van der Waals surface area contributed by atoms with Crippen molar-refractivity contribution in [3.8, 4) is 11.5 Å². The van der Waals surface area contributed by atoms with Gasteiger partial charge in [0.15, 0.2) is 0 Å². The predicted octanol–water partition coefficient (Wildman–Crippen LogP) is 4.54. The van der Waals surface area contributed by atoms with E-state index >= 15 is 0 Å². The number of benzene rings is 3. The van der Waals surface area contributed by atoms with Gasteiger partial charge in [-0.3, -0.25) is 9.69 Å². The van der Waals surface area contributed by atoms with Crippen LogP contribution in [-0.4, -0.2) is 43.2 Å². The van der Waals surface area contributed by atoms with Gasteiger partial charge in [-0.2, -0.15) is 0 Å². The van der Waals surface area contributed by atoms with Gasteiger partial charge in [0.1, 0.15) is 24.7 Å². The average Bonchev–Trinajstić information content (AvgIpc) is 2.85. The first kappa shape index (κ1) is 21.9. The smallest absolute Gasteiger partial charge is 0.251 e. The van der Waals surface area contributed by atoms with Crippen molar-refractivity contribution in [3.63, 3.8) is 0 Å². The Morgan fingerprint density at radius 1 is 0.812 bits per heavy atom. The zero-order valence-corrected chi connectivity index (χ0v) is 18.3. The minimum atomic E-state index is -0.0440. The molecule has 4 rings (SSSR count). The number of amides is 1. The monoisotopic (exact) mass is 430 g/mol. The van der Waals surface area contributed by atoms with Crippen LogP contribution in [0.1, 0.15) is 28.8 Å². The highest BCUT2D eigenvalue weighted by molar-refractivity contribution is 5.94. The maximum atomic E-state index is 12.7. The molecule has 3 aromatic carbocycles. The van der Waals surface area contributed by atoms with Gasteiger partial charge in [-0.05, 0) is 48.7 Å². The van der Waals surface area contributed by atoms with Crippen molar-refractivity contribution >= 4 is 5.91 Å². The molecule has 0 unspecified atom stereocenters. The summed E-state index contributed by atoms with van der Waals surface area (Å²) >= 11 is 0. The van der Waals surface area contributed by atoms with Gasteiger partial charge in [0.05, 0.1) is 0 Å². The molecule has 0 spiro atoms.